The molecule has 11 nitrogen and oxygen atoms in total. The van der Waals surface area contributed by atoms with Crippen LogP contribution in [0, 0.1) is 17.0 Å². The third-order valence-electron chi connectivity index (χ3n) is 8.37. The number of piperidine rings is 1. The number of methoxy groups -OCH3 is 1. The lowest BCUT2D eigenvalue weighted by Crippen LogP contribution is -2.61. The summed E-state index contributed by atoms with van der Waals surface area (Å²) in [6.07, 6.45) is 7.37. The smallest absolute Gasteiger partial charge is 0.267 e. The van der Waals surface area contributed by atoms with E-state index in [-0.39, 0.29) is 28.7 Å². The Hall–Kier alpha value is -4.98. The Morgan fingerprint density at radius 3 is 2.37 bits per heavy atom. The van der Waals surface area contributed by atoms with Crippen LogP contribution in [0.15, 0.2) is 72.0 Å². The first kappa shape index (κ1) is 31.0. The van der Waals surface area contributed by atoms with Gasteiger partial charge < -0.3 is 14.5 Å². The highest BCUT2D eigenvalue weighted by Crippen LogP contribution is 2.42. The van der Waals surface area contributed by atoms with E-state index in [9.17, 15) is 26.8 Å². The Labute approximate surface area is 264 Å². The van der Waals surface area contributed by atoms with E-state index in [1.807, 2.05) is 18.2 Å². The van der Waals surface area contributed by atoms with Crippen molar-refractivity contribution in [1.29, 1.82) is 0 Å². The molecule has 1 spiro atoms. The van der Waals surface area contributed by atoms with Crippen LogP contribution in [0.25, 0.3) is 22.0 Å². The van der Waals surface area contributed by atoms with Gasteiger partial charge in [-0.05, 0) is 61.7 Å². The Kier molecular flexibility index (Phi) is 8.15. The Morgan fingerprint density at radius 1 is 0.978 bits per heavy atom. The number of pyridine rings is 1. The highest BCUT2D eigenvalue weighted by Gasteiger charge is 2.46. The SMILES string of the molecule is COc1ncc(-c2ccc3ncnc(N4CCC5(CC4)CN(C(=O)/C=C/C(C)=O)C5)c3c2)cc1NS(=O)(=O)c1c(F)cccc1F. The van der Waals surface area contributed by atoms with Gasteiger partial charge in [0.2, 0.25) is 11.8 Å². The maximum atomic E-state index is 14.3. The van der Waals surface area contributed by atoms with Crippen LogP contribution in [0.3, 0.4) is 0 Å². The number of nitrogens with one attached hydrogen (secondary N) is 1. The summed E-state index contributed by atoms with van der Waals surface area (Å²) < 4.78 is 62.1. The third kappa shape index (κ3) is 5.99. The van der Waals surface area contributed by atoms with Gasteiger partial charge in [-0.25, -0.2) is 32.2 Å². The molecule has 2 aromatic carbocycles. The van der Waals surface area contributed by atoms with Crippen LogP contribution in [0.4, 0.5) is 20.3 Å². The number of carbonyl (C=O) groups excluding carboxylic acids is 2. The molecule has 2 fully saturated rings. The normalized spacial score (nSPS) is 16.1. The van der Waals surface area contributed by atoms with E-state index in [4.69, 9.17) is 4.74 Å². The lowest BCUT2D eigenvalue weighted by atomic mass is 9.72. The molecule has 2 aliphatic rings. The van der Waals surface area contributed by atoms with Crippen molar-refractivity contribution in [3.05, 3.63) is 78.8 Å². The highest BCUT2D eigenvalue weighted by molar-refractivity contribution is 7.92. The van der Waals surface area contributed by atoms with Crippen molar-refractivity contribution >= 4 is 44.1 Å². The number of hydrogen-bond donors (Lipinski definition) is 1. The van der Waals surface area contributed by atoms with Crippen LogP contribution in [-0.4, -0.2) is 73.2 Å². The van der Waals surface area contributed by atoms with Crippen LogP contribution in [-0.2, 0) is 19.6 Å². The van der Waals surface area contributed by atoms with Crippen LogP contribution in [0.5, 0.6) is 5.88 Å². The summed E-state index contributed by atoms with van der Waals surface area (Å²) in [5, 5.41) is 0.780. The maximum Gasteiger partial charge on any atom is 0.267 e. The molecule has 4 heterocycles. The number of nitrogens with zero attached hydrogens (tertiary/aromatic N) is 5. The van der Waals surface area contributed by atoms with E-state index in [0.717, 1.165) is 55.3 Å². The van der Waals surface area contributed by atoms with E-state index in [2.05, 4.69) is 24.6 Å². The molecule has 0 aliphatic carbocycles. The van der Waals surface area contributed by atoms with E-state index >= 15 is 0 Å². The quantitative estimate of drug-likeness (QED) is 0.277. The van der Waals surface area contributed by atoms with Gasteiger partial charge in [0.25, 0.3) is 10.0 Å². The second-order valence-corrected chi connectivity index (χ2v) is 13.1. The zero-order valence-electron chi connectivity index (χ0n) is 25.0. The standard InChI is InChI=1S/C32H30F2N6O5S/c1-20(41)6-9-28(42)40-17-32(18-40)10-12-39(13-11-32)30-23-14-21(7-8-26(23)36-19-37-30)22-15-27(31(45-2)35-16-22)38-46(43,44)29-24(33)4-3-5-25(29)34/h3-9,14-16,19,38H,10-13,17-18H2,1-2H3/b9-6+. The Morgan fingerprint density at radius 2 is 1.70 bits per heavy atom. The molecule has 0 unspecified atom stereocenters. The minimum Gasteiger partial charge on any atom is -0.480 e. The number of hydrogen-bond acceptors (Lipinski definition) is 9. The van der Waals surface area contributed by atoms with Crippen molar-refractivity contribution in [2.75, 3.05) is 42.9 Å². The number of amides is 1. The molecule has 2 aromatic heterocycles. The summed E-state index contributed by atoms with van der Waals surface area (Å²) in [6.45, 7) is 4.16. The molecule has 1 N–H and O–H groups in total. The zero-order valence-corrected chi connectivity index (χ0v) is 25.9. The molecule has 0 bridgehead atoms. The maximum absolute atomic E-state index is 14.3. The van der Waals surface area contributed by atoms with Gasteiger partial charge in [0.05, 0.1) is 12.6 Å². The number of fused-ring (bicyclic) bond motifs is 1. The summed E-state index contributed by atoms with van der Waals surface area (Å²) >= 11 is 0. The topological polar surface area (TPSA) is 135 Å². The van der Waals surface area contributed by atoms with Crippen molar-refractivity contribution in [3.8, 4) is 17.0 Å². The number of halogens is 2. The first-order valence-electron chi connectivity index (χ1n) is 14.5. The summed E-state index contributed by atoms with van der Waals surface area (Å²) in [5.74, 6) is -2.11. The van der Waals surface area contributed by atoms with Gasteiger partial charge >= 0.3 is 0 Å². The minimum atomic E-state index is -4.67. The first-order chi connectivity index (χ1) is 22.0. The van der Waals surface area contributed by atoms with Gasteiger partial charge in [-0.2, -0.15) is 0 Å². The van der Waals surface area contributed by atoms with Crippen molar-refractivity contribution < 1.29 is 31.5 Å². The lowest BCUT2D eigenvalue weighted by molar-refractivity contribution is -0.139. The number of rotatable bonds is 8. The van der Waals surface area contributed by atoms with Gasteiger partial charge in [-0.1, -0.05) is 12.1 Å². The lowest BCUT2D eigenvalue weighted by Gasteiger charge is -2.54. The fourth-order valence-electron chi connectivity index (χ4n) is 5.98. The number of sulfonamides is 1. The molecular weight excluding hydrogens is 618 g/mol. The number of likely N-dealkylation sites (tertiary alicyclic amines) is 1. The third-order valence-corrected chi connectivity index (χ3v) is 9.79. The number of anilines is 2. The van der Waals surface area contributed by atoms with Gasteiger partial charge in [-0.3, -0.25) is 14.3 Å². The fraction of sp³-hybridized carbons (Fsp3) is 0.281. The number of ketones is 1. The molecule has 14 heteroatoms. The molecule has 1 amide bonds. The Bertz CT molecular complexity index is 1970. The number of ether oxygens (including phenoxy) is 1. The predicted octanol–water partition coefficient (Wildman–Crippen LogP) is 4.35. The van der Waals surface area contributed by atoms with Crippen LogP contribution < -0.4 is 14.4 Å². The first-order valence-corrected chi connectivity index (χ1v) is 16.0. The number of allylic oxidation sites excluding steroid dienone is 1. The van der Waals surface area contributed by atoms with Crippen molar-refractivity contribution in [1.82, 2.24) is 19.9 Å². The van der Waals surface area contributed by atoms with E-state index < -0.39 is 26.6 Å². The molecule has 4 aromatic rings. The Balaban J connectivity index is 1.24. The summed E-state index contributed by atoms with van der Waals surface area (Å²) in [5.41, 5.74) is 1.84. The molecule has 238 valence electrons. The van der Waals surface area contributed by atoms with Crippen LogP contribution in [0.1, 0.15) is 19.8 Å². The minimum absolute atomic E-state index is 0.0360. The second kappa shape index (κ2) is 12.1. The highest BCUT2D eigenvalue weighted by atomic mass is 32.2. The molecule has 0 radical (unpaired) electrons. The fourth-order valence-corrected chi connectivity index (χ4v) is 7.17. The van der Waals surface area contributed by atoms with Crippen molar-refractivity contribution in [3.63, 3.8) is 0 Å². The zero-order chi connectivity index (χ0) is 32.6. The van der Waals surface area contributed by atoms with Crippen LogP contribution in [0.2, 0.25) is 0 Å². The van der Waals surface area contributed by atoms with Crippen LogP contribution >= 0.6 is 0 Å². The molecule has 0 saturated carbocycles. The summed E-state index contributed by atoms with van der Waals surface area (Å²) in [6, 6.07) is 9.80. The summed E-state index contributed by atoms with van der Waals surface area (Å²) in [7, 11) is -3.37. The number of aromatic nitrogens is 3. The van der Waals surface area contributed by atoms with Crippen molar-refractivity contribution in [2.45, 2.75) is 24.7 Å². The number of carbonyl (C=O) groups is 2. The van der Waals surface area contributed by atoms with Gasteiger partial charge in [0.1, 0.15) is 29.5 Å². The largest absolute Gasteiger partial charge is 0.480 e. The number of benzene rings is 2. The van der Waals surface area contributed by atoms with Gasteiger partial charge in [0.15, 0.2) is 10.7 Å². The molecule has 46 heavy (non-hydrogen) atoms. The molecule has 2 saturated heterocycles. The molecular formula is C32H30F2N6O5S. The van der Waals surface area contributed by atoms with Crippen molar-refractivity contribution in [2.24, 2.45) is 5.41 Å². The summed E-state index contributed by atoms with van der Waals surface area (Å²) in [4.78, 5) is 39.6. The van der Waals surface area contributed by atoms with Gasteiger partial charge in [-0.15, -0.1) is 0 Å². The average Bonchev–Trinajstić information content (AvgIpc) is 3.01. The molecule has 0 atom stereocenters. The average molecular weight is 649 g/mol. The van der Waals surface area contributed by atoms with E-state index in [1.165, 1.54) is 44.8 Å². The van der Waals surface area contributed by atoms with Gasteiger partial charge in [0, 0.05) is 54.8 Å². The molecule has 6 rings (SSSR count). The second-order valence-electron chi connectivity index (χ2n) is 11.5. The van der Waals surface area contributed by atoms with E-state index in [1.54, 1.807) is 4.90 Å². The van der Waals surface area contributed by atoms with E-state index in [0.29, 0.717) is 29.7 Å². The molecule has 2 aliphatic heterocycles. The predicted molar refractivity (Wildman–Crippen MR) is 167 cm³/mol. The monoisotopic (exact) mass is 648 g/mol.